The number of nitriles is 2. The van der Waals surface area contributed by atoms with E-state index in [1.54, 1.807) is 0 Å². The van der Waals surface area contributed by atoms with Crippen molar-refractivity contribution in [2.75, 3.05) is 0 Å². The van der Waals surface area contributed by atoms with Gasteiger partial charge in [-0.05, 0) is 12.1 Å². The maximum Gasteiger partial charge on any atom is 0.260 e. The normalized spacial score (nSPS) is 14.8. The molecule has 0 saturated carbocycles. The van der Waals surface area contributed by atoms with Crippen LogP contribution in [0, 0.1) is 22.7 Å². The van der Waals surface area contributed by atoms with Gasteiger partial charge in [0.15, 0.2) is 0 Å². The summed E-state index contributed by atoms with van der Waals surface area (Å²) in [5.74, 6) is -3.08. The van der Waals surface area contributed by atoms with Crippen LogP contribution in [0.2, 0.25) is 0 Å². The van der Waals surface area contributed by atoms with Gasteiger partial charge in [0.1, 0.15) is 12.1 Å². The number of hydrogen-bond acceptors (Lipinski definition) is 6. The molecule has 0 unspecified atom stereocenters. The van der Waals surface area contributed by atoms with E-state index in [0.717, 1.165) is 0 Å². The Balaban J connectivity index is 2.39. The molecule has 0 spiro atoms. The van der Waals surface area contributed by atoms with Gasteiger partial charge in [0.05, 0.1) is 22.3 Å². The van der Waals surface area contributed by atoms with E-state index >= 15 is 0 Å². The van der Waals surface area contributed by atoms with E-state index in [9.17, 15) is 29.7 Å². The molecule has 8 heteroatoms. The first-order chi connectivity index (χ1) is 11.5. The van der Waals surface area contributed by atoms with Crippen molar-refractivity contribution in [3.63, 3.8) is 0 Å². The Kier molecular flexibility index (Phi) is 2.41. The molecule has 2 N–H and O–H groups in total. The fourth-order valence-electron chi connectivity index (χ4n) is 3.11. The number of nitrogens with one attached hydrogen (secondary N) is 2. The standard InChI is InChI=1S/C16H4N4O4/c17-3-5-1-7-11-10(16(24)19-13(7)21)6(4-18)2-8-12(11)9(5)15(23)20-14(8)22/h1-2H,(H,19,21,24)(H,20,22,23). The van der Waals surface area contributed by atoms with Crippen molar-refractivity contribution in [3.05, 3.63) is 45.5 Å². The van der Waals surface area contributed by atoms with Crippen LogP contribution in [0.5, 0.6) is 0 Å². The van der Waals surface area contributed by atoms with Crippen molar-refractivity contribution in [1.29, 1.82) is 10.5 Å². The molecule has 2 aromatic carbocycles. The van der Waals surface area contributed by atoms with Gasteiger partial charge in [0.25, 0.3) is 23.6 Å². The molecule has 0 aliphatic carbocycles. The summed E-state index contributed by atoms with van der Waals surface area (Å²) in [7, 11) is 0. The molecular formula is C16H4N4O4. The lowest BCUT2D eigenvalue weighted by Gasteiger charge is -2.24. The fraction of sp³-hybridized carbons (Fsp3) is 0. The molecule has 2 aromatic rings. The molecule has 2 aliphatic heterocycles. The molecule has 0 bridgehead atoms. The fourth-order valence-corrected chi connectivity index (χ4v) is 3.11. The topological polar surface area (TPSA) is 140 Å². The van der Waals surface area contributed by atoms with Crippen LogP contribution in [0.25, 0.3) is 10.8 Å². The molecule has 8 nitrogen and oxygen atoms in total. The molecule has 4 rings (SSSR count). The molecule has 0 atom stereocenters. The largest absolute Gasteiger partial charge is 0.288 e. The number of carbonyl (C=O) groups excluding carboxylic acids is 4. The Labute approximate surface area is 133 Å². The second-order valence-electron chi connectivity index (χ2n) is 5.23. The van der Waals surface area contributed by atoms with Crippen LogP contribution < -0.4 is 10.6 Å². The van der Waals surface area contributed by atoms with Gasteiger partial charge in [-0.2, -0.15) is 10.5 Å². The second-order valence-corrected chi connectivity index (χ2v) is 5.23. The Bertz CT molecular complexity index is 1060. The molecular weight excluding hydrogens is 312 g/mol. The van der Waals surface area contributed by atoms with Crippen molar-refractivity contribution in [3.8, 4) is 12.1 Å². The Hall–Kier alpha value is -4.04. The van der Waals surface area contributed by atoms with Crippen molar-refractivity contribution >= 4 is 34.4 Å². The van der Waals surface area contributed by atoms with Crippen LogP contribution in [0.1, 0.15) is 52.6 Å². The molecule has 24 heavy (non-hydrogen) atoms. The summed E-state index contributed by atoms with van der Waals surface area (Å²) in [6.45, 7) is 0. The number of rotatable bonds is 0. The third-order valence-corrected chi connectivity index (χ3v) is 4.04. The summed E-state index contributed by atoms with van der Waals surface area (Å²) < 4.78 is 0. The average Bonchev–Trinajstić information content (AvgIpc) is 2.56. The monoisotopic (exact) mass is 316 g/mol. The summed E-state index contributed by atoms with van der Waals surface area (Å²) in [5, 5.41) is 22.9. The maximum absolute atomic E-state index is 12.2. The lowest BCUT2D eigenvalue weighted by molar-refractivity contribution is 0.0823. The minimum absolute atomic E-state index is 0.0271. The molecule has 0 saturated heterocycles. The van der Waals surface area contributed by atoms with E-state index in [0.29, 0.717) is 0 Å². The van der Waals surface area contributed by atoms with Gasteiger partial charge < -0.3 is 0 Å². The predicted molar refractivity (Wildman–Crippen MR) is 77.0 cm³/mol. The number of amides is 4. The smallest absolute Gasteiger partial charge is 0.260 e. The minimum Gasteiger partial charge on any atom is -0.288 e. The molecule has 2 aliphatic rings. The lowest BCUT2D eigenvalue weighted by Crippen LogP contribution is -2.39. The molecule has 2 heterocycles. The zero-order chi connectivity index (χ0) is 17.2. The Morgan fingerprint density at radius 2 is 1.04 bits per heavy atom. The molecule has 0 radical (unpaired) electrons. The Morgan fingerprint density at radius 3 is 1.38 bits per heavy atom. The molecule has 112 valence electrons. The SMILES string of the molecule is N#Cc1cc2c3c(c(C#N)cc4c3c1C(=O)NC4=O)C(=O)NC2=O. The summed E-state index contributed by atoms with van der Waals surface area (Å²) in [6, 6.07) is 6.01. The van der Waals surface area contributed by atoms with Crippen molar-refractivity contribution in [2.24, 2.45) is 0 Å². The number of hydrogen-bond donors (Lipinski definition) is 2. The van der Waals surface area contributed by atoms with E-state index in [-0.39, 0.29) is 44.2 Å². The second kappa shape index (κ2) is 4.24. The predicted octanol–water partition coefficient (Wildman–Crippen LogP) is 0.350. The van der Waals surface area contributed by atoms with Crippen LogP contribution in [0.15, 0.2) is 12.1 Å². The van der Waals surface area contributed by atoms with Crippen LogP contribution >= 0.6 is 0 Å². The van der Waals surface area contributed by atoms with E-state index in [4.69, 9.17) is 0 Å². The van der Waals surface area contributed by atoms with E-state index in [1.165, 1.54) is 12.1 Å². The average molecular weight is 316 g/mol. The number of imide groups is 2. The summed E-state index contributed by atoms with van der Waals surface area (Å²) >= 11 is 0. The van der Waals surface area contributed by atoms with Gasteiger partial charge in [-0.3, -0.25) is 29.8 Å². The zero-order valence-corrected chi connectivity index (χ0v) is 11.7. The first-order valence-electron chi connectivity index (χ1n) is 6.67. The number of carbonyl (C=O) groups is 4. The highest BCUT2D eigenvalue weighted by Crippen LogP contribution is 2.37. The van der Waals surface area contributed by atoms with E-state index < -0.39 is 23.6 Å². The molecule has 4 amide bonds. The van der Waals surface area contributed by atoms with Crippen molar-refractivity contribution in [2.45, 2.75) is 0 Å². The van der Waals surface area contributed by atoms with Crippen LogP contribution in [0.4, 0.5) is 0 Å². The minimum atomic E-state index is -0.787. The van der Waals surface area contributed by atoms with Gasteiger partial charge >= 0.3 is 0 Å². The number of nitrogens with zero attached hydrogens (tertiary/aromatic N) is 2. The highest BCUT2D eigenvalue weighted by Gasteiger charge is 2.36. The van der Waals surface area contributed by atoms with Crippen LogP contribution in [-0.4, -0.2) is 23.6 Å². The lowest BCUT2D eigenvalue weighted by atomic mass is 9.83. The van der Waals surface area contributed by atoms with Gasteiger partial charge in [-0.15, -0.1) is 0 Å². The van der Waals surface area contributed by atoms with Crippen molar-refractivity contribution in [1.82, 2.24) is 10.6 Å². The first-order valence-corrected chi connectivity index (χ1v) is 6.67. The highest BCUT2D eigenvalue weighted by molar-refractivity contribution is 6.34. The molecule has 0 fully saturated rings. The van der Waals surface area contributed by atoms with Gasteiger partial charge in [0, 0.05) is 21.9 Å². The third kappa shape index (κ3) is 1.44. The summed E-state index contributed by atoms with van der Waals surface area (Å²) in [5.41, 5.74) is -0.410. The van der Waals surface area contributed by atoms with Gasteiger partial charge in [-0.1, -0.05) is 0 Å². The van der Waals surface area contributed by atoms with Crippen LogP contribution in [0.3, 0.4) is 0 Å². The maximum atomic E-state index is 12.2. The van der Waals surface area contributed by atoms with Crippen LogP contribution in [-0.2, 0) is 0 Å². The summed E-state index contributed by atoms with van der Waals surface area (Å²) in [6.07, 6.45) is 0. The third-order valence-electron chi connectivity index (χ3n) is 4.04. The molecule has 0 aromatic heterocycles. The van der Waals surface area contributed by atoms with Gasteiger partial charge in [0.2, 0.25) is 0 Å². The van der Waals surface area contributed by atoms with Crippen molar-refractivity contribution < 1.29 is 19.2 Å². The van der Waals surface area contributed by atoms with E-state index in [2.05, 4.69) is 10.6 Å². The van der Waals surface area contributed by atoms with E-state index in [1.807, 2.05) is 12.1 Å². The van der Waals surface area contributed by atoms with Gasteiger partial charge in [-0.25, -0.2) is 0 Å². The highest BCUT2D eigenvalue weighted by atomic mass is 16.2. The quantitative estimate of drug-likeness (QED) is 0.672. The first kappa shape index (κ1) is 13.6. The summed E-state index contributed by atoms with van der Waals surface area (Å²) in [4.78, 5) is 48.6. The zero-order valence-electron chi connectivity index (χ0n) is 11.7. The number of benzene rings is 2. The Morgan fingerprint density at radius 1 is 0.667 bits per heavy atom.